The van der Waals surface area contributed by atoms with Crippen molar-refractivity contribution < 1.29 is 21.6 Å². The number of amides is 1. The van der Waals surface area contributed by atoms with Gasteiger partial charge in [0.15, 0.2) is 9.84 Å². The van der Waals surface area contributed by atoms with E-state index in [9.17, 15) is 21.6 Å². The Hall–Kier alpha value is -2.43. The highest BCUT2D eigenvalue weighted by molar-refractivity contribution is 7.91. The van der Waals surface area contributed by atoms with E-state index in [-0.39, 0.29) is 22.6 Å². The summed E-state index contributed by atoms with van der Waals surface area (Å²) in [5.41, 5.74) is 1.89. The van der Waals surface area contributed by atoms with Crippen LogP contribution in [0.2, 0.25) is 0 Å². The van der Waals surface area contributed by atoms with Crippen LogP contribution in [0, 0.1) is 0 Å². The van der Waals surface area contributed by atoms with Crippen LogP contribution in [0.15, 0.2) is 58.3 Å². The Bertz CT molecular complexity index is 1150. The summed E-state index contributed by atoms with van der Waals surface area (Å²) in [6, 6.07) is 13.6. The molecule has 0 aliphatic carbocycles. The second kappa shape index (κ2) is 10.7. The van der Waals surface area contributed by atoms with Gasteiger partial charge in [0.1, 0.15) is 0 Å². The molecule has 0 radical (unpaired) electrons. The maximum absolute atomic E-state index is 12.4. The Labute approximate surface area is 196 Å². The highest BCUT2D eigenvalue weighted by Gasteiger charge is 2.21. The summed E-state index contributed by atoms with van der Waals surface area (Å²) < 4.78 is 49.8. The van der Waals surface area contributed by atoms with Crippen LogP contribution < -0.4 is 14.9 Å². The van der Waals surface area contributed by atoms with Crippen LogP contribution in [0.1, 0.15) is 31.7 Å². The highest BCUT2D eigenvalue weighted by Crippen LogP contribution is 2.22. The van der Waals surface area contributed by atoms with Gasteiger partial charge in [0.2, 0.25) is 15.9 Å². The molecule has 0 aromatic heterocycles. The minimum atomic E-state index is -3.46. The number of rotatable bonds is 9. The summed E-state index contributed by atoms with van der Waals surface area (Å²) in [7, 11) is -5.29. The third-order valence-corrected chi connectivity index (χ3v) is 9.12. The van der Waals surface area contributed by atoms with Crippen LogP contribution in [0.3, 0.4) is 0 Å². The normalized spacial score (nSPS) is 15.4. The van der Waals surface area contributed by atoms with E-state index in [0.29, 0.717) is 17.7 Å². The number of sulfonamides is 1. The second-order valence-electron chi connectivity index (χ2n) is 8.08. The van der Waals surface area contributed by atoms with Crippen molar-refractivity contribution in [2.24, 2.45) is 0 Å². The van der Waals surface area contributed by atoms with Crippen molar-refractivity contribution in [2.45, 2.75) is 48.4 Å². The van der Waals surface area contributed by atoms with Crippen molar-refractivity contribution in [2.75, 3.05) is 30.8 Å². The van der Waals surface area contributed by atoms with Crippen LogP contribution in [0.25, 0.3) is 0 Å². The number of carbonyl (C=O) groups excluding carboxylic acids is 1. The van der Waals surface area contributed by atoms with E-state index in [0.717, 1.165) is 37.2 Å². The molecule has 1 aliphatic heterocycles. The van der Waals surface area contributed by atoms with Crippen molar-refractivity contribution >= 4 is 31.5 Å². The van der Waals surface area contributed by atoms with Gasteiger partial charge < -0.3 is 10.2 Å². The van der Waals surface area contributed by atoms with Crippen LogP contribution in [-0.2, 0) is 31.1 Å². The van der Waals surface area contributed by atoms with Crippen LogP contribution in [0.4, 0.5) is 5.69 Å². The van der Waals surface area contributed by atoms with Gasteiger partial charge in [-0.2, -0.15) is 0 Å². The number of carbonyl (C=O) groups is 1. The van der Waals surface area contributed by atoms with Gasteiger partial charge in [-0.25, -0.2) is 21.6 Å². The predicted octanol–water partition coefficient (Wildman–Crippen LogP) is 2.11. The van der Waals surface area contributed by atoms with Gasteiger partial charge in [0.05, 0.1) is 15.5 Å². The first kappa shape index (κ1) is 25.2. The average molecular weight is 494 g/mol. The van der Waals surface area contributed by atoms with E-state index in [1.54, 1.807) is 43.3 Å². The molecule has 8 nitrogen and oxygen atoms in total. The molecule has 1 amide bonds. The van der Waals surface area contributed by atoms with Gasteiger partial charge in [0.25, 0.3) is 0 Å². The molecular weight excluding hydrogens is 462 g/mol. The molecule has 2 N–H and O–H groups in total. The van der Waals surface area contributed by atoms with Crippen LogP contribution in [-0.4, -0.2) is 54.7 Å². The molecule has 10 heteroatoms. The topological polar surface area (TPSA) is 113 Å². The summed E-state index contributed by atoms with van der Waals surface area (Å²) in [6.45, 7) is 3.20. The molecule has 1 heterocycles. The molecule has 33 heavy (non-hydrogen) atoms. The molecule has 0 saturated carbocycles. The van der Waals surface area contributed by atoms with Gasteiger partial charge in [-0.15, -0.1) is 0 Å². The summed E-state index contributed by atoms with van der Waals surface area (Å²) in [4.78, 5) is 15.1. The summed E-state index contributed by atoms with van der Waals surface area (Å²) in [6.07, 6.45) is 2.51. The maximum atomic E-state index is 12.4. The summed E-state index contributed by atoms with van der Waals surface area (Å²) in [5, 5.41) is 3.09. The molecule has 1 saturated heterocycles. The molecular formula is C23H31N3O5S2. The number of anilines is 1. The van der Waals surface area contributed by atoms with E-state index >= 15 is 0 Å². The molecule has 1 fully saturated rings. The molecule has 2 aromatic carbocycles. The zero-order valence-corrected chi connectivity index (χ0v) is 20.6. The van der Waals surface area contributed by atoms with E-state index in [4.69, 9.17) is 0 Å². The van der Waals surface area contributed by atoms with Crippen molar-refractivity contribution in [3.63, 3.8) is 0 Å². The number of hydrogen-bond acceptors (Lipinski definition) is 6. The predicted molar refractivity (Wildman–Crippen MR) is 129 cm³/mol. The van der Waals surface area contributed by atoms with Crippen molar-refractivity contribution in [3.8, 4) is 0 Å². The fourth-order valence-corrected chi connectivity index (χ4v) is 5.44. The molecule has 0 bridgehead atoms. The molecule has 3 rings (SSSR count). The lowest BCUT2D eigenvalue weighted by Gasteiger charge is -2.34. The first-order chi connectivity index (χ1) is 15.6. The first-order valence-electron chi connectivity index (χ1n) is 11.0. The van der Waals surface area contributed by atoms with Crippen molar-refractivity contribution in [3.05, 3.63) is 54.1 Å². The van der Waals surface area contributed by atoms with Gasteiger partial charge in [0, 0.05) is 31.2 Å². The molecule has 0 atom stereocenters. The lowest BCUT2D eigenvalue weighted by Crippen LogP contribution is -2.44. The largest absolute Gasteiger partial charge is 0.371 e. The number of aryl methyl sites for hydroxylation is 1. The SMILES string of the molecule is CCS(=O)(=O)c1ccc(N2CCC(NC(=O)CCc3ccc(S(=O)(=O)NC)cc3)CC2)cc1. The number of piperidine rings is 1. The third-order valence-electron chi connectivity index (χ3n) is 5.94. The Morgan fingerprint density at radius 3 is 2.06 bits per heavy atom. The Morgan fingerprint density at radius 2 is 1.52 bits per heavy atom. The maximum Gasteiger partial charge on any atom is 0.240 e. The Balaban J connectivity index is 1.45. The van der Waals surface area contributed by atoms with E-state index in [1.807, 2.05) is 12.1 Å². The molecule has 2 aromatic rings. The van der Waals surface area contributed by atoms with E-state index in [1.165, 1.54) is 7.05 Å². The van der Waals surface area contributed by atoms with Gasteiger partial charge in [-0.3, -0.25) is 4.79 Å². The van der Waals surface area contributed by atoms with Gasteiger partial charge >= 0.3 is 0 Å². The van der Waals surface area contributed by atoms with Gasteiger partial charge in [-0.05, 0) is 68.3 Å². The minimum absolute atomic E-state index is 0.0190. The quantitative estimate of drug-likeness (QED) is 0.553. The van der Waals surface area contributed by atoms with Crippen LogP contribution >= 0.6 is 0 Å². The summed E-state index contributed by atoms with van der Waals surface area (Å²) >= 11 is 0. The smallest absolute Gasteiger partial charge is 0.240 e. The number of nitrogens with one attached hydrogen (secondary N) is 2. The highest BCUT2D eigenvalue weighted by atomic mass is 32.2. The molecule has 1 aliphatic rings. The van der Waals surface area contributed by atoms with Gasteiger partial charge in [-0.1, -0.05) is 19.1 Å². The Kier molecular flexibility index (Phi) is 8.14. The second-order valence-corrected chi connectivity index (χ2v) is 12.2. The van der Waals surface area contributed by atoms with Crippen molar-refractivity contribution in [1.29, 1.82) is 0 Å². The molecule has 180 valence electrons. The minimum Gasteiger partial charge on any atom is -0.371 e. The lowest BCUT2D eigenvalue weighted by molar-refractivity contribution is -0.121. The fourth-order valence-electron chi connectivity index (χ4n) is 3.82. The average Bonchev–Trinajstić information content (AvgIpc) is 2.83. The number of nitrogens with zero attached hydrogens (tertiary/aromatic N) is 1. The first-order valence-corrected chi connectivity index (χ1v) is 14.2. The van der Waals surface area contributed by atoms with Crippen LogP contribution in [0.5, 0.6) is 0 Å². The van der Waals surface area contributed by atoms with E-state index in [2.05, 4.69) is 14.9 Å². The zero-order valence-electron chi connectivity index (χ0n) is 19.0. The third kappa shape index (κ3) is 6.55. The molecule has 0 spiro atoms. The number of benzene rings is 2. The van der Waals surface area contributed by atoms with Crippen molar-refractivity contribution in [1.82, 2.24) is 10.0 Å². The monoisotopic (exact) mass is 493 g/mol. The summed E-state index contributed by atoms with van der Waals surface area (Å²) in [5.74, 6) is 0.0653. The number of sulfone groups is 1. The number of hydrogen-bond donors (Lipinski definition) is 2. The fraction of sp³-hybridized carbons (Fsp3) is 0.435. The zero-order chi connectivity index (χ0) is 24.1. The standard InChI is InChI=1S/C23H31N3O5S2/c1-3-32(28,29)21-11-7-20(8-12-21)26-16-14-19(15-17-26)25-23(27)13-6-18-4-9-22(10-5-18)33(30,31)24-2/h4-5,7-12,19,24H,3,6,13-17H2,1-2H3,(H,25,27). The van der Waals surface area contributed by atoms with E-state index < -0.39 is 19.9 Å². The Morgan fingerprint density at radius 1 is 0.939 bits per heavy atom. The molecule has 0 unspecified atom stereocenters. The lowest BCUT2D eigenvalue weighted by atomic mass is 10.0.